The summed E-state index contributed by atoms with van der Waals surface area (Å²) in [5.41, 5.74) is 2.85. The van der Waals surface area contributed by atoms with Gasteiger partial charge in [-0.05, 0) is 0 Å². The summed E-state index contributed by atoms with van der Waals surface area (Å²) in [5.74, 6) is -1.77. The van der Waals surface area contributed by atoms with Crippen molar-refractivity contribution in [1.82, 2.24) is 4.98 Å². The van der Waals surface area contributed by atoms with E-state index < -0.39 is 40.1 Å². The van der Waals surface area contributed by atoms with Gasteiger partial charge in [0.15, 0.2) is 5.56 Å². The van der Waals surface area contributed by atoms with Crippen molar-refractivity contribution in [2.45, 2.75) is 6.43 Å². The largest absolute Gasteiger partial charge is 0.465 e. The number of carbonyl (C=O) groups is 1. The molecular formula is C8H7F2N3O4. The molecule has 7 nitrogen and oxygen atoms in total. The van der Waals surface area contributed by atoms with Gasteiger partial charge >= 0.3 is 5.97 Å². The molecule has 1 rings (SSSR count). The topological polar surface area (TPSA) is 108 Å². The van der Waals surface area contributed by atoms with E-state index in [2.05, 4.69) is 9.72 Å². The van der Waals surface area contributed by atoms with E-state index in [1.165, 1.54) is 0 Å². The number of ether oxygens (including phenoxy) is 1. The van der Waals surface area contributed by atoms with E-state index in [-0.39, 0.29) is 0 Å². The van der Waals surface area contributed by atoms with E-state index in [0.29, 0.717) is 6.07 Å². The van der Waals surface area contributed by atoms with Gasteiger partial charge in [0.2, 0.25) is 0 Å². The van der Waals surface area contributed by atoms with Crippen molar-refractivity contribution < 1.29 is 23.2 Å². The molecule has 0 aromatic carbocycles. The zero-order chi connectivity index (χ0) is 13.2. The minimum Gasteiger partial charge on any atom is -0.465 e. The van der Waals surface area contributed by atoms with Crippen LogP contribution in [0.5, 0.6) is 0 Å². The fourth-order valence-corrected chi connectivity index (χ4v) is 1.14. The zero-order valence-electron chi connectivity index (χ0n) is 8.52. The number of hydrogen-bond donors (Lipinski definition) is 1. The standard InChI is InChI=1S/C8H7F2N3O4/c1-17-8(14)5-4(13(15)16)2-3(6(9)10)12-7(5)11/h2,6H,1H3,(H2,11,12). The molecule has 17 heavy (non-hydrogen) atoms. The van der Waals surface area contributed by atoms with Crippen molar-refractivity contribution in [2.75, 3.05) is 12.8 Å². The van der Waals surface area contributed by atoms with Crippen molar-refractivity contribution in [3.8, 4) is 0 Å². The Morgan fingerprint density at radius 1 is 1.65 bits per heavy atom. The first-order valence-corrected chi connectivity index (χ1v) is 4.19. The van der Waals surface area contributed by atoms with Crippen LogP contribution in [0.3, 0.4) is 0 Å². The number of methoxy groups -OCH3 is 1. The van der Waals surface area contributed by atoms with E-state index in [4.69, 9.17) is 5.73 Å². The molecule has 0 bridgehead atoms. The van der Waals surface area contributed by atoms with Gasteiger partial charge < -0.3 is 10.5 Å². The number of carbonyl (C=O) groups excluding carboxylic acids is 1. The quantitative estimate of drug-likeness (QED) is 0.489. The van der Waals surface area contributed by atoms with Crippen LogP contribution in [-0.2, 0) is 4.74 Å². The molecule has 1 aromatic heterocycles. The van der Waals surface area contributed by atoms with Crippen molar-refractivity contribution in [2.24, 2.45) is 0 Å². The lowest BCUT2D eigenvalue weighted by atomic mass is 10.2. The Hall–Kier alpha value is -2.32. The van der Waals surface area contributed by atoms with Crippen molar-refractivity contribution in [1.29, 1.82) is 0 Å². The molecule has 0 spiro atoms. The maximum Gasteiger partial charge on any atom is 0.348 e. The summed E-state index contributed by atoms with van der Waals surface area (Å²) in [6, 6.07) is 0.493. The van der Waals surface area contributed by atoms with Crippen LogP contribution in [0.25, 0.3) is 0 Å². The third-order valence-corrected chi connectivity index (χ3v) is 1.86. The number of halogens is 2. The van der Waals surface area contributed by atoms with E-state index in [1.54, 1.807) is 0 Å². The molecule has 1 heterocycles. The highest BCUT2D eigenvalue weighted by Crippen LogP contribution is 2.28. The number of nitrogens with zero attached hydrogens (tertiary/aromatic N) is 2. The third-order valence-electron chi connectivity index (χ3n) is 1.86. The molecule has 0 saturated heterocycles. The number of nitro groups is 1. The lowest BCUT2D eigenvalue weighted by Crippen LogP contribution is -2.12. The van der Waals surface area contributed by atoms with Gasteiger partial charge in [-0.25, -0.2) is 18.6 Å². The lowest BCUT2D eigenvalue weighted by Gasteiger charge is -2.06. The molecule has 9 heteroatoms. The molecule has 0 atom stereocenters. The van der Waals surface area contributed by atoms with Crippen molar-refractivity contribution in [3.05, 3.63) is 27.4 Å². The zero-order valence-corrected chi connectivity index (χ0v) is 8.52. The molecule has 92 valence electrons. The van der Waals surface area contributed by atoms with Crippen LogP contribution < -0.4 is 5.73 Å². The summed E-state index contributed by atoms with van der Waals surface area (Å²) in [5, 5.41) is 10.6. The Labute approximate surface area is 93.3 Å². The average Bonchev–Trinajstić information content (AvgIpc) is 2.26. The summed E-state index contributed by atoms with van der Waals surface area (Å²) < 4.78 is 29.0. The monoisotopic (exact) mass is 247 g/mol. The number of nitrogen functional groups attached to an aromatic ring is 1. The highest BCUT2D eigenvalue weighted by molar-refractivity contribution is 5.98. The van der Waals surface area contributed by atoms with Gasteiger partial charge in [-0.15, -0.1) is 0 Å². The summed E-state index contributed by atoms with van der Waals surface area (Å²) in [7, 11) is 0.979. The predicted molar refractivity (Wildman–Crippen MR) is 51.6 cm³/mol. The number of hydrogen-bond acceptors (Lipinski definition) is 6. The molecule has 1 aromatic rings. The van der Waals surface area contributed by atoms with Crippen LogP contribution in [-0.4, -0.2) is 23.0 Å². The number of anilines is 1. The van der Waals surface area contributed by atoms with E-state index in [0.717, 1.165) is 7.11 Å². The molecule has 0 unspecified atom stereocenters. The molecule has 0 aliphatic rings. The molecule has 0 radical (unpaired) electrons. The molecular weight excluding hydrogens is 240 g/mol. The molecule has 0 fully saturated rings. The third kappa shape index (κ3) is 2.44. The number of nitrogens with two attached hydrogens (primary N) is 1. The number of alkyl halides is 2. The molecule has 0 saturated carbocycles. The first-order valence-electron chi connectivity index (χ1n) is 4.19. The second-order valence-corrected chi connectivity index (χ2v) is 2.88. The Balaban J connectivity index is 3.49. The average molecular weight is 247 g/mol. The fourth-order valence-electron chi connectivity index (χ4n) is 1.14. The Kier molecular flexibility index (Phi) is 3.51. The highest BCUT2D eigenvalue weighted by Gasteiger charge is 2.28. The fraction of sp³-hybridized carbons (Fsp3) is 0.250. The second-order valence-electron chi connectivity index (χ2n) is 2.88. The van der Waals surface area contributed by atoms with Gasteiger partial charge in [-0.2, -0.15) is 0 Å². The van der Waals surface area contributed by atoms with Crippen molar-refractivity contribution in [3.63, 3.8) is 0 Å². The summed E-state index contributed by atoms with van der Waals surface area (Å²) in [4.78, 5) is 24.0. The molecule has 0 amide bonds. The van der Waals surface area contributed by atoms with Gasteiger partial charge in [0.05, 0.1) is 12.0 Å². The van der Waals surface area contributed by atoms with Crippen LogP contribution in [0.4, 0.5) is 20.3 Å². The summed E-state index contributed by atoms with van der Waals surface area (Å²) >= 11 is 0. The van der Waals surface area contributed by atoms with Crippen LogP contribution in [0.15, 0.2) is 6.07 Å². The van der Waals surface area contributed by atoms with Gasteiger partial charge in [-0.3, -0.25) is 10.1 Å². The van der Waals surface area contributed by atoms with E-state index >= 15 is 0 Å². The van der Waals surface area contributed by atoms with Gasteiger partial charge in [0.1, 0.15) is 11.5 Å². The SMILES string of the molecule is COC(=O)c1c([N+](=O)[O-])cc(C(F)F)nc1N. The maximum absolute atomic E-state index is 12.3. The summed E-state index contributed by atoms with van der Waals surface area (Å²) in [6.07, 6.45) is -3.03. The Morgan fingerprint density at radius 3 is 2.65 bits per heavy atom. The maximum atomic E-state index is 12.3. The summed E-state index contributed by atoms with van der Waals surface area (Å²) in [6.45, 7) is 0. The number of rotatable bonds is 3. The smallest absolute Gasteiger partial charge is 0.348 e. The van der Waals surface area contributed by atoms with Crippen LogP contribution >= 0.6 is 0 Å². The van der Waals surface area contributed by atoms with Gasteiger partial charge in [-0.1, -0.05) is 0 Å². The second kappa shape index (κ2) is 4.68. The highest BCUT2D eigenvalue weighted by atomic mass is 19.3. The first-order chi connectivity index (χ1) is 7.88. The van der Waals surface area contributed by atoms with Crippen LogP contribution in [0, 0.1) is 10.1 Å². The lowest BCUT2D eigenvalue weighted by molar-refractivity contribution is -0.385. The van der Waals surface area contributed by atoms with Gasteiger partial charge in [0.25, 0.3) is 12.1 Å². The number of pyridine rings is 1. The van der Waals surface area contributed by atoms with Crippen LogP contribution in [0.2, 0.25) is 0 Å². The molecule has 0 aliphatic carbocycles. The molecule has 0 aliphatic heterocycles. The Morgan fingerprint density at radius 2 is 2.24 bits per heavy atom. The molecule has 2 N–H and O–H groups in total. The Bertz CT molecular complexity index is 478. The minimum absolute atomic E-state index is 0.493. The van der Waals surface area contributed by atoms with Crippen molar-refractivity contribution >= 4 is 17.5 Å². The van der Waals surface area contributed by atoms with Gasteiger partial charge in [0, 0.05) is 6.07 Å². The number of esters is 1. The first kappa shape index (κ1) is 12.7. The predicted octanol–water partition coefficient (Wildman–Crippen LogP) is 1.30. The van der Waals surface area contributed by atoms with E-state index in [9.17, 15) is 23.7 Å². The normalized spacial score (nSPS) is 10.4. The van der Waals surface area contributed by atoms with Crippen LogP contribution in [0.1, 0.15) is 22.5 Å². The van der Waals surface area contributed by atoms with E-state index in [1.807, 2.05) is 0 Å². The number of aromatic nitrogens is 1. The minimum atomic E-state index is -3.03.